The Morgan fingerprint density at radius 2 is 2.00 bits per heavy atom. The summed E-state index contributed by atoms with van der Waals surface area (Å²) in [5, 5.41) is 8.19. The number of hydrogen-bond acceptors (Lipinski definition) is 4. The summed E-state index contributed by atoms with van der Waals surface area (Å²) in [5.41, 5.74) is 0. The lowest BCUT2D eigenvalue weighted by molar-refractivity contribution is -0.146. The number of rotatable bonds is 6. The van der Waals surface area contributed by atoms with Crippen LogP contribution in [0.25, 0.3) is 0 Å². The maximum atomic E-state index is 10.6. The minimum absolute atomic E-state index is 0.0418. The molecule has 0 aromatic rings. The molecule has 12 heavy (non-hydrogen) atoms. The van der Waals surface area contributed by atoms with Crippen molar-refractivity contribution in [2.45, 2.75) is 19.3 Å². The molecule has 0 spiro atoms. The maximum Gasteiger partial charge on any atom is 0.306 e. The van der Waals surface area contributed by atoms with Gasteiger partial charge in [-0.05, 0) is 6.42 Å². The van der Waals surface area contributed by atoms with Crippen LogP contribution in [0.4, 0.5) is 0 Å². The number of hydrogen-bond donors (Lipinski definition) is 1. The highest BCUT2D eigenvalue weighted by Gasteiger charge is 2.03. The topological polar surface area (TPSA) is 80.7 Å². The molecule has 5 nitrogen and oxygen atoms in total. The van der Waals surface area contributed by atoms with Crippen molar-refractivity contribution in [3.63, 3.8) is 0 Å². The van der Waals surface area contributed by atoms with Gasteiger partial charge in [-0.2, -0.15) is 0 Å². The molecule has 5 heteroatoms. The summed E-state index contributed by atoms with van der Waals surface area (Å²) < 4.78 is 4.37. The van der Waals surface area contributed by atoms with E-state index in [0.29, 0.717) is 6.29 Å². The molecule has 1 N–H and O–H groups in total. The molecule has 0 aliphatic rings. The summed E-state index contributed by atoms with van der Waals surface area (Å²) in [4.78, 5) is 30.3. The number of carboxylic acids is 1. The Morgan fingerprint density at radius 1 is 1.33 bits per heavy atom. The zero-order valence-electron chi connectivity index (χ0n) is 6.49. The summed E-state index contributed by atoms with van der Waals surface area (Å²) in [7, 11) is 0. The molecule has 0 saturated heterocycles. The van der Waals surface area contributed by atoms with E-state index in [2.05, 4.69) is 4.74 Å². The molecule has 0 fully saturated rings. The van der Waals surface area contributed by atoms with Gasteiger partial charge in [0.05, 0.1) is 0 Å². The average Bonchev–Trinajstić information content (AvgIpc) is 2.00. The minimum Gasteiger partial charge on any atom is -0.481 e. The molecule has 0 saturated carbocycles. The zero-order chi connectivity index (χ0) is 9.40. The first kappa shape index (κ1) is 10.6. The predicted octanol–water partition coefficient (Wildman–Crippen LogP) is -0.0166. The van der Waals surface area contributed by atoms with Crippen LogP contribution in [-0.2, 0) is 19.1 Å². The molecule has 0 rings (SSSR count). The Morgan fingerprint density at radius 3 is 2.50 bits per heavy atom. The minimum atomic E-state index is -0.946. The first-order valence-electron chi connectivity index (χ1n) is 3.48. The maximum absolute atomic E-state index is 10.6. The third-order valence-corrected chi connectivity index (χ3v) is 1.08. The molecule has 68 valence electrons. The van der Waals surface area contributed by atoms with Gasteiger partial charge >= 0.3 is 11.9 Å². The van der Waals surface area contributed by atoms with Gasteiger partial charge in [0, 0.05) is 12.8 Å². The van der Waals surface area contributed by atoms with E-state index in [1.807, 2.05) is 0 Å². The third kappa shape index (κ3) is 6.73. The molecule has 0 aromatic heterocycles. The van der Waals surface area contributed by atoms with Gasteiger partial charge in [0.1, 0.15) is 6.61 Å². The van der Waals surface area contributed by atoms with Crippen molar-refractivity contribution in [1.29, 1.82) is 0 Å². The van der Waals surface area contributed by atoms with Crippen LogP contribution >= 0.6 is 0 Å². The normalized spacial score (nSPS) is 9.00. The monoisotopic (exact) mass is 174 g/mol. The molecule has 0 amide bonds. The quantitative estimate of drug-likeness (QED) is 0.452. The number of esters is 1. The highest BCUT2D eigenvalue weighted by Crippen LogP contribution is 1.96. The van der Waals surface area contributed by atoms with Crippen LogP contribution < -0.4 is 0 Å². The number of carboxylic acid groups (broad SMARTS) is 1. The van der Waals surface area contributed by atoms with Gasteiger partial charge in [-0.25, -0.2) is 0 Å². The van der Waals surface area contributed by atoms with E-state index in [9.17, 15) is 14.4 Å². The second-order valence-corrected chi connectivity index (χ2v) is 2.10. The summed E-state index contributed by atoms with van der Waals surface area (Å²) in [5.74, 6) is -1.48. The van der Waals surface area contributed by atoms with E-state index in [1.54, 1.807) is 0 Å². The molecular formula is C7H10O5. The average molecular weight is 174 g/mol. The van der Waals surface area contributed by atoms with Gasteiger partial charge in [-0.15, -0.1) is 0 Å². The fourth-order valence-corrected chi connectivity index (χ4v) is 0.583. The molecule has 0 aromatic carbocycles. The largest absolute Gasteiger partial charge is 0.481 e. The Balaban J connectivity index is 3.31. The molecule has 0 bridgehead atoms. The summed E-state index contributed by atoms with van der Waals surface area (Å²) in [6.07, 6.45) is 0.693. The number of aliphatic carboxylic acids is 1. The Labute approximate surface area is 69.3 Å². The van der Waals surface area contributed by atoms with Crippen LogP contribution in [0.3, 0.4) is 0 Å². The van der Waals surface area contributed by atoms with Crippen molar-refractivity contribution >= 4 is 18.2 Å². The van der Waals surface area contributed by atoms with E-state index in [0.717, 1.165) is 0 Å². The molecule has 0 aliphatic heterocycles. The highest BCUT2D eigenvalue weighted by molar-refractivity contribution is 5.72. The van der Waals surface area contributed by atoms with Gasteiger partial charge < -0.3 is 9.84 Å². The van der Waals surface area contributed by atoms with Crippen LogP contribution in [0.15, 0.2) is 0 Å². The zero-order valence-corrected chi connectivity index (χ0v) is 6.49. The molecular weight excluding hydrogens is 164 g/mol. The molecule has 0 atom stereocenters. The van der Waals surface area contributed by atoms with Crippen molar-refractivity contribution in [3.8, 4) is 0 Å². The van der Waals surface area contributed by atoms with Crippen molar-refractivity contribution in [2.24, 2.45) is 0 Å². The first-order chi connectivity index (χ1) is 5.66. The number of carbonyl (C=O) groups is 3. The number of aldehydes is 1. The first-order valence-corrected chi connectivity index (χ1v) is 3.48. The summed E-state index contributed by atoms with van der Waals surface area (Å²) in [6, 6.07) is 0. The standard InChI is InChI=1S/C7H10O5/c8-4-5-12-7(11)3-1-2-6(9)10/h4H,1-3,5H2,(H,9,10). The molecule has 0 aliphatic carbocycles. The third-order valence-electron chi connectivity index (χ3n) is 1.08. The van der Waals surface area contributed by atoms with Crippen LogP contribution in [0.5, 0.6) is 0 Å². The highest BCUT2D eigenvalue weighted by atomic mass is 16.5. The fourth-order valence-electron chi connectivity index (χ4n) is 0.583. The van der Waals surface area contributed by atoms with Crippen LogP contribution in [0.2, 0.25) is 0 Å². The SMILES string of the molecule is O=CCOC(=O)CCCC(=O)O. The Bertz CT molecular complexity index is 175. The summed E-state index contributed by atoms with van der Waals surface area (Å²) in [6.45, 7) is -0.258. The van der Waals surface area contributed by atoms with Crippen molar-refractivity contribution in [3.05, 3.63) is 0 Å². The van der Waals surface area contributed by atoms with Crippen LogP contribution in [0, 0.1) is 0 Å². The van der Waals surface area contributed by atoms with Crippen molar-refractivity contribution < 1.29 is 24.2 Å². The van der Waals surface area contributed by atoms with Crippen molar-refractivity contribution in [2.75, 3.05) is 6.61 Å². The molecule has 0 heterocycles. The molecule has 0 radical (unpaired) electrons. The van der Waals surface area contributed by atoms with Crippen LogP contribution in [-0.4, -0.2) is 29.9 Å². The van der Waals surface area contributed by atoms with E-state index in [-0.39, 0.29) is 25.9 Å². The van der Waals surface area contributed by atoms with E-state index >= 15 is 0 Å². The lowest BCUT2D eigenvalue weighted by Gasteiger charge is -1.98. The van der Waals surface area contributed by atoms with Gasteiger partial charge in [-0.1, -0.05) is 0 Å². The molecule has 0 unspecified atom stereocenters. The van der Waals surface area contributed by atoms with Crippen molar-refractivity contribution in [1.82, 2.24) is 0 Å². The lowest BCUT2D eigenvalue weighted by Crippen LogP contribution is -2.07. The smallest absolute Gasteiger partial charge is 0.306 e. The Hall–Kier alpha value is -1.39. The van der Waals surface area contributed by atoms with Gasteiger partial charge in [0.2, 0.25) is 0 Å². The summed E-state index contributed by atoms with van der Waals surface area (Å²) >= 11 is 0. The second kappa shape index (κ2) is 6.33. The van der Waals surface area contributed by atoms with E-state index < -0.39 is 11.9 Å². The van der Waals surface area contributed by atoms with Gasteiger partial charge in [-0.3, -0.25) is 14.4 Å². The second-order valence-electron chi connectivity index (χ2n) is 2.10. The van der Waals surface area contributed by atoms with E-state index in [1.165, 1.54) is 0 Å². The fraction of sp³-hybridized carbons (Fsp3) is 0.571. The van der Waals surface area contributed by atoms with E-state index in [4.69, 9.17) is 5.11 Å². The van der Waals surface area contributed by atoms with Crippen LogP contribution in [0.1, 0.15) is 19.3 Å². The van der Waals surface area contributed by atoms with Gasteiger partial charge in [0.15, 0.2) is 6.29 Å². The number of carbonyl (C=O) groups excluding carboxylic acids is 2. The number of ether oxygens (including phenoxy) is 1. The lowest BCUT2D eigenvalue weighted by atomic mass is 10.2. The van der Waals surface area contributed by atoms with Gasteiger partial charge in [0.25, 0.3) is 0 Å². The predicted molar refractivity (Wildman–Crippen MR) is 38.5 cm³/mol. The Kier molecular flexibility index (Phi) is 5.60.